The molecule has 2 aliphatic rings. The van der Waals surface area contributed by atoms with Crippen molar-refractivity contribution in [3.05, 3.63) is 12.2 Å². The molecule has 3 nitrogen and oxygen atoms in total. The van der Waals surface area contributed by atoms with Gasteiger partial charge in [-0.15, -0.1) is 0 Å². The summed E-state index contributed by atoms with van der Waals surface area (Å²) in [6, 6.07) is 0. The van der Waals surface area contributed by atoms with Crippen LogP contribution in [0.2, 0.25) is 0 Å². The average molecular weight is 230 g/mol. The first-order valence-corrected chi connectivity index (χ1v) is 8.72. The van der Waals surface area contributed by atoms with E-state index in [1.54, 1.807) is 0 Å². The molecule has 1 atom stereocenters. The maximum absolute atomic E-state index is 12.0. The zero-order valence-electron chi connectivity index (χ0n) is 8.20. The Morgan fingerprint density at radius 1 is 1.36 bits per heavy atom. The van der Waals surface area contributed by atoms with E-state index in [0.717, 1.165) is 24.6 Å². The van der Waals surface area contributed by atoms with Gasteiger partial charge in [-0.2, -0.15) is 0 Å². The standard InChI is InChI=1S/C9H16N2OP2/c1-7-5-13(14(10)11)6-8(12)9(7)3-2-4-9/h1-6,10-11H2. The minimum Gasteiger partial charge on any atom is -0.298 e. The Labute approximate surface area is 86.8 Å². The van der Waals surface area contributed by atoms with Crippen molar-refractivity contribution < 1.29 is 4.79 Å². The van der Waals surface area contributed by atoms with Crippen LogP contribution >= 0.6 is 15.5 Å². The summed E-state index contributed by atoms with van der Waals surface area (Å²) in [6.45, 7) is 4.07. The Kier molecular flexibility index (Phi) is 2.79. The van der Waals surface area contributed by atoms with Gasteiger partial charge in [0.05, 0.1) is 13.3 Å². The Hall–Kier alpha value is 0.190. The number of Topliss-reactive ketones (excluding diaryl/α,β-unsaturated/α-hetero) is 1. The molecule has 0 bridgehead atoms. The molecule has 1 unspecified atom stereocenters. The summed E-state index contributed by atoms with van der Waals surface area (Å²) in [7, 11) is -1.38. The van der Waals surface area contributed by atoms with Crippen molar-refractivity contribution in [2.75, 3.05) is 12.3 Å². The minimum absolute atomic E-state index is 0.135. The van der Waals surface area contributed by atoms with Crippen LogP contribution in [0, 0.1) is 5.41 Å². The SMILES string of the molecule is C=C1CP(P(N)N)CC(=O)C12CCC2. The largest absolute Gasteiger partial charge is 0.298 e. The van der Waals surface area contributed by atoms with Crippen molar-refractivity contribution in [1.29, 1.82) is 0 Å². The number of hydrogen-bond acceptors (Lipinski definition) is 3. The van der Waals surface area contributed by atoms with Crippen LogP contribution in [-0.4, -0.2) is 18.1 Å². The molecule has 4 N–H and O–H groups in total. The van der Waals surface area contributed by atoms with Crippen LogP contribution in [0.5, 0.6) is 0 Å². The second-order valence-electron chi connectivity index (χ2n) is 4.17. The maximum atomic E-state index is 12.0. The fourth-order valence-corrected chi connectivity index (χ4v) is 5.96. The first kappa shape index (κ1) is 10.7. The molecular weight excluding hydrogens is 214 g/mol. The van der Waals surface area contributed by atoms with Crippen LogP contribution in [0.15, 0.2) is 12.2 Å². The van der Waals surface area contributed by atoms with Gasteiger partial charge in [0, 0.05) is 6.16 Å². The summed E-state index contributed by atoms with van der Waals surface area (Å²) in [5.74, 6) is 0.370. The van der Waals surface area contributed by atoms with Gasteiger partial charge in [0.2, 0.25) is 0 Å². The fraction of sp³-hybridized carbons (Fsp3) is 0.667. The van der Waals surface area contributed by atoms with Crippen molar-refractivity contribution in [3.63, 3.8) is 0 Å². The van der Waals surface area contributed by atoms with E-state index in [1.807, 2.05) is 0 Å². The second kappa shape index (κ2) is 3.64. The summed E-state index contributed by atoms with van der Waals surface area (Å²) in [5.41, 5.74) is 12.4. The molecule has 0 radical (unpaired) electrons. The van der Waals surface area contributed by atoms with E-state index < -0.39 is 15.5 Å². The quantitative estimate of drug-likeness (QED) is 0.534. The summed E-state index contributed by atoms with van der Waals surface area (Å²) < 4.78 is 0. The summed E-state index contributed by atoms with van der Waals surface area (Å²) in [4.78, 5) is 12.0. The highest BCUT2D eigenvalue weighted by atomic mass is 32.1. The summed E-state index contributed by atoms with van der Waals surface area (Å²) in [5, 5.41) is 0. The van der Waals surface area contributed by atoms with Crippen molar-refractivity contribution in [3.8, 4) is 0 Å². The number of hydrogen-bond donors (Lipinski definition) is 2. The van der Waals surface area contributed by atoms with Gasteiger partial charge in [-0.3, -0.25) is 15.8 Å². The molecule has 5 heteroatoms. The first-order chi connectivity index (χ1) is 6.56. The molecule has 0 aromatic rings. The first-order valence-electron chi connectivity index (χ1n) is 4.82. The van der Waals surface area contributed by atoms with Crippen LogP contribution in [0.4, 0.5) is 0 Å². The molecule has 0 aromatic heterocycles. The monoisotopic (exact) mass is 230 g/mol. The van der Waals surface area contributed by atoms with E-state index in [1.165, 1.54) is 6.42 Å². The number of rotatable bonds is 1. The number of carbonyl (C=O) groups is 1. The van der Waals surface area contributed by atoms with Gasteiger partial charge in [0.1, 0.15) is 5.78 Å². The molecular formula is C9H16N2OP2. The molecule has 1 saturated heterocycles. The highest BCUT2D eigenvalue weighted by Gasteiger charge is 2.49. The van der Waals surface area contributed by atoms with Crippen LogP contribution in [0.25, 0.3) is 0 Å². The van der Waals surface area contributed by atoms with E-state index in [-0.39, 0.29) is 5.41 Å². The smallest absolute Gasteiger partial charge is 0.147 e. The van der Waals surface area contributed by atoms with Crippen molar-refractivity contribution >= 4 is 21.3 Å². The summed E-state index contributed by atoms with van der Waals surface area (Å²) >= 11 is 0. The molecule has 1 saturated carbocycles. The van der Waals surface area contributed by atoms with E-state index in [2.05, 4.69) is 6.58 Å². The molecule has 0 amide bonds. The van der Waals surface area contributed by atoms with Crippen LogP contribution in [0.1, 0.15) is 19.3 Å². The highest BCUT2D eigenvalue weighted by Crippen LogP contribution is 2.66. The maximum Gasteiger partial charge on any atom is 0.147 e. The van der Waals surface area contributed by atoms with E-state index in [0.29, 0.717) is 11.9 Å². The van der Waals surface area contributed by atoms with Gasteiger partial charge in [0.15, 0.2) is 0 Å². The van der Waals surface area contributed by atoms with Crippen LogP contribution < -0.4 is 11.0 Å². The Morgan fingerprint density at radius 2 is 2.00 bits per heavy atom. The Bertz CT molecular complexity index is 267. The van der Waals surface area contributed by atoms with Crippen LogP contribution in [-0.2, 0) is 4.79 Å². The van der Waals surface area contributed by atoms with Gasteiger partial charge in [-0.05, 0) is 26.6 Å². The predicted molar refractivity (Wildman–Crippen MR) is 62.4 cm³/mol. The van der Waals surface area contributed by atoms with Gasteiger partial charge in [-0.1, -0.05) is 18.6 Å². The molecule has 14 heavy (non-hydrogen) atoms. The fourth-order valence-electron chi connectivity index (χ4n) is 2.27. The highest BCUT2D eigenvalue weighted by molar-refractivity contribution is 8.28. The molecule has 1 spiro atoms. The molecule has 0 aromatic carbocycles. The third kappa shape index (κ3) is 1.47. The number of nitrogens with two attached hydrogens (primary N) is 2. The second-order valence-corrected chi connectivity index (χ2v) is 9.65. The molecule has 1 heterocycles. The van der Waals surface area contributed by atoms with Crippen molar-refractivity contribution in [2.45, 2.75) is 19.3 Å². The van der Waals surface area contributed by atoms with Gasteiger partial charge < -0.3 is 0 Å². The Morgan fingerprint density at radius 3 is 2.36 bits per heavy atom. The number of allylic oxidation sites excluding steroid dienone is 1. The normalized spacial score (nSPS) is 30.9. The molecule has 1 aliphatic heterocycles. The van der Waals surface area contributed by atoms with Gasteiger partial charge in [-0.25, -0.2) is 0 Å². The van der Waals surface area contributed by atoms with Gasteiger partial charge in [0.25, 0.3) is 0 Å². The minimum atomic E-state index is -0.911. The lowest BCUT2D eigenvalue weighted by atomic mass is 9.62. The molecule has 2 rings (SSSR count). The van der Waals surface area contributed by atoms with Crippen LogP contribution in [0.3, 0.4) is 0 Å². The lowest BCUT2D eigenvalue weighted by molar-refractivity contribution is -0.128. The zero-order chi connectivity index (χ0) is 10.3. The number of carbonyl (C=O) groups excluding carboxylic acids is 1. The lowest BCUT2D eigenvalue weighted by Gasteiger charge is -2.47. The Balaban J connectivity index is 2.14. The third-order valence-electron chi connectivity index (χ3n) is 3.44. The molecule has 2 fully saturated rings. The number of ketones is 1. The van der Waals surface area contributed by atoms with Crippen molar-refractivity contribution in [2.24, 2.45) is 16.4 Å². The van der Waals surface area contributed by atoms with E-state index in [4.69, 9.17) is 11.0 Å². The molecule has 78 valence electrons. The van der Waals surface area contributed by atoms with E-state index >= 15 is 0 Å². The topological polar surface area (TPSA) is 69.1 Å². The van der Waals surface area contributed by atoms with Crippen molar-refractivity contribution in [1.82, 2.24) is 0 Å². The summed E-state index contributed by atoms with van der Waals surface area (Å²) in [6.07, 6.45) is 4.78. The van der Waals surface area contributed by atoms with E-state index in [9.17, 15) is 4.79 Å². The zero-order valence-corrected chi connectivity index (χ0v) is 9.99. The van der Waals surface area contributed by atoms with Gasteiger partial charge >= 0.3 is 0 Å². The predicted octanol–water partition coefficient (Wildman–Crippen LogP) is 1.92. The average Bonchev–Trinajstić information content (AvgIpc) is 1.99. The lowest BCUT2D eigenvalue weighted by Crippen LogP contribution is -2.44. The molecule has 1 aliphatic carbocycles. The third-order valence-corrected chi connectivity index (χ3v) is 8.30.